The van der Waals surface area contributed by atoms with Gasteiger partial charge in [-0.2, -0.15) is 0 Å². The van der Waals surface area contributed by atoms with E-state index in [1.807, 2.05) is 0 Å². The molecule has 1 aliphatic rings. The second-order valence-corrected chi connectivity index (χ2v) is 3.42. The zero-order valence-corrected chi connectivity index (χ0v) is 8.73. The van der Waals surface area contributed by atoms with E-state index in [9.17, 15) is 18.0 Å². The van der Waals surface area contributed by atoms with E-state index in [4.69, 9.17) is 14.6 Å². The van der Waals surface area contributed by atoms with Crippen LogP contribution in [0.5, 0.6) is 11.5 Å². The molecule has 1 N–H and O–H groups in total. The maximum absolute atomic E-state index is 12.0. The van der Waals surface area contributed by atoms with Crippen molar-refractivity contribution in [1.29, 1.82) is 0 Å². The number of hydrogen-bond acceptors (Lipinski definition) is 4. The fourth-order valence-electron chi connectivity index (χ4n) is 1.42. The Bertz CT molecular complexity index is 471. The van der Waals surface area contributed by atoms with Crippen molar-refractivity contribution in [1.82, 2.24) is 0 Å². The normalized spacial score (nSPS) is 18.7. The largest absolute Gasteiger partial charge is 0.573 e. The standard InChI is InChI=1S/C10H7F3O5/c11-10(12,13)18-6-1-2-7-5(3-6)4-16-9(17-7)8(14)15/h1-3,9H,4H2,(H,14,15). The van der Waals surface area contributed by atoms with Crippen molar-refractivity contribution in [2.75, 3.05) is 0 Å². The molecule has 0 aliphatic carbocycles. The summed E-state index contributed by atoms with van der Waals surface area (Å²) in [6, 6.07) is 3.33. The Morgan fingerprint density at radius 3 is 2.78 bits per heavy atom. The Hall–Kier alpha value is -1.96. The van der Waals surface area contributed by atoms with Gasteiger partial charge in [0.15, 0.2) is 0 Å². The number of fused-ring (bicyclic) bond motifs is 1. The van der Waals surface area contributed by atoms with Gasteiger partial charge < -0.3 is 19.3 Å². The Balaban J connectivity index is 2.17. The Labute approximate surface area is 98.7 Å². The number of alkyl halides is 3. The molecule has 0 saturated carbocycles. The predicted molar refractivity (Wildman–Crippen MR) is 50.0 cm³/mol. The van der Waals surface area contributed by atoms with Gasteiger partial charge in [-0.05, 0) is 18.2 Å². The molecule has 1 heterocycles. The fraction of sp³-hybridized carbons (Fsp3) is 0.300. The van der Waals surface area contributed by atoms with Gasteiger partial charge in [0.1, 0.15) is 11.5 Å². The van der Waals surface area contributed by atoms with Crippen LogP contribution < -0.4 is 9.47 Å². The first-order valence-corrected chi connectivity index (χ1v) is 4.75. The molecule has 1 aliphatic heterocycles. The highest BCUT2D eigenvalue weighted by Crippen LogP contribution is 2.32. The van der Waals surface area contributed by atoms with Crippen molar-refractivity contribution in [3.63, 3.8) is 0 Å². The average molecular weight is 264 g/mol. The molecule has 98 valence electrons. The van der Waals surface area contributed by atoms with E-state index in [0.29, 0.717) is 0 Å². The summed E-state index contributed by atoms with van der Waals surface area (Å²) in [6.07, 6.45) is -6.24. The quantitative estimate of drug-likeness (QED) is 0.883. The summed E-state index contributed by atoms with van der Waals surface area (Å²) in [6.45, 7) is -0.165. The number of carboxylic acid groups (broad SMARTS) is 1. The number of ether oxygens (including phenoxy) is 3. The minimum absolute atomic E-state index is 0.156. The summed E-state index contributed by atoms with van der Waals surface area (Å²) in [5, 5.41) is 8.65. The van der Waals surface area contributed by atoms with Gasteiger partial charge in [0.2, 0.25) is 0 Å². The summed E-state index contributed by atoms with van der Waals surface area (Å²) in [5.41, 5.74) is 0.286. The molecule has 0 fully saturated rings. The number of rotatable bonds is 2. The van der Waals surface area contributed by atoms with Gasteiger partial charge in [-0.15, -0.1) is 13.2 Å². The molecule has 1 atom stereocenters. The SMILES string of the molecule is O=C(O)C1OCc2cc(OC(F)(F)F)ccc2O1. The summed E-state index contributed by atoms with van der Waals surface area (Å²) in [4.78, 5) is 10.6. The molecular formula is C10H7F3O5. The van der Waals surface area contributed by atoms with Crippen LogP contribution in [0.15, 0.2) is 18.2 Å². The molecule has 0 radical (unpaired) electrons. The summed E-state index contributed by atoms with van der Waals surface area (Å²) >= 11 is 0. The van der Waals surface area contributed by atoms with Gasteiger partial charge in [0.05, 0.1) is 6.61 Å². The van der Waals surface area contributed by atoms with Gasteiger partial charge >= 0.3 is 12.3 Å². The van der Waals surface area contributed by atoms with Crippen LogP contribution in [0.4, 0.5) is 13.2 Å². The first-order chi connectivity index (χ1) is 8.35. The van der Waals surface area contributed by atoms with Crippen molar-refractivity contribution < 1.29 is 37.3 Å². The molecular weight excluding hydrogens is 257 g/mol. The van der Waals surface area contributed by atoms with Crippen molar-refractivity contribution in [2.45, 2.75) is 19.3 Å². The van der Waals surface area contributed by atoms with Crippen LogP contribution in [-0.4, -0.2) is 23.7 Å². The number of aliphatic carboxylic acids is 1. The highest BCUT2D eigenvalue weighted by molar-refractivity contribution is 5.71. The third-order valence-electron chi connectivity index (χ3n) is 2.09. The molecule has 18 heavy (non-hydrogen) atoms. The molecule has 1 aromatic rings. The van der Waals surface area contributed by atoms with E-state index in [1.54, 1.807) is 0 Å². The minimum atomic E-state index is -4.78. The zero-order chi connectivity index (χ0) is 13.3. The van der Waals surface area contributed by atoms with Gasteiger partial charge in [-0.1, -0.05) is 0 Å². The van der Waals surface area contributed by atoms with E-state index in [0.717, 1.165) is 12.1 Å². The number of carboxylic acids is 1. The highest BCUT2D eigenvalue weighted by Gasteiger charge is 2.32. The van der Waals surface area contributed by atoms with Crippen LogP contribution >= 0.6 is 0 Å². The molecule has 8 heteroatoms. The number of carbonyl (C=O) groups is 1. The monoisotopic (exact) mass is 264 g/mol. The maximum atomic E-state index is 12.0. The molecule has 0 amide bonds. The van der Waals surface area contributed by atoms with Crippen molar-refractivity contribution in [3.8, 4) is 11.5 Å². The van der Waals surface area contributed by atoms with E-state index in [2.05, 4.69) is 4.74 Å². The van der Waals surface area contributed by atoms with Crippen LogP contribution in [0.1, 0.15) is 5.56 Å². The fourth-order valence-corrected chi connectivity index (χ4v) is 1.42. The number of hydrogen-bond donors (Lipinski definition) is 1. The summed E-state index contributed by atoms with van der Waals surface area (Å²) in [5.74, 6) is -1.57. The van der Waals surface area contributed by atoms with E-state index >= 15 is 0 Å². The third kappa shape index (κ3) is 2.83. The van der Waals surface area contributed by atoms with E-state index < -0.39 is 24.4 Å². The minimum Gasteiger partial charge on any atom is -0.477 e. The molecule has 1 aromatic carbocycles. The smallest absolute Gasteiger partial charge is 0.477 e. The lowest BCUT2D eigenvalue weighted by atomic mass is 10.2. The number of benzene rings is 1. The summed E-state index contributed by atoms with van der Waals surface area (Å²) < 4.78 is 49.4. The van der Waals surface area contributed by atoms with Crippen molar-refractivity contribution >= 4 is 5.97 Å². The van der Waals surface area contributed by atoms with Gasteiger partial charge in [-0.25, -0.2) is 4.79 Å². The zero-order valence-electron chi connectivity index (χ0n) is 8.73. The highest BCUT2D eigenvalue weighted by atomic mass is 19.4. The van der Waals surface area contributed by atoms with Crippen molar-refractivity contribution in [3.05, 3.63) is 23.8 Å². The summed E-state index contributed by atoms with van der Waals surface area (Å²) in [7, 11) is 0. The average Bonchev–Trinajstić information content (AvgIpc) is 2.26. The van der Waals surface area contributed by atoms with Crippen molar-refractivity contribution in [2.24, 2.45) is 0 Å². The lowest BCUT2D eigenvalue weighted by Crippen LogP contribution is -2.33. The Morgan fingerprint density at radius 1 is 1.44 bits per heavy atom. The van der Waals surface area contributed by atoms with Crippen LogP contribution in [0, 0.1) is 0 Å². The first-order valence-electron chi connectivity index (χ1n) is 4.75. The maximum Gasteiger partial charge on any atom is 0.573 e. The predicted octanol–water partition coefficient (Wildman–Crippen LogP) is 1.90. The lowest BCUT2D eigenvalue weighted by molar-refractivity contribution is -0.274. The van der Waals surface area contributed by atoms with Crippen LogP contribution in [0.25, 0.3) is 0 Å². The molecule has 0 saturated heterocycles. The second kappa shape index (κ2) is 4.37. The first kappa shape index (κ1) is 12.5. The van der Waals surface area contributed by atoms with Crippen LogP contribution in [0.3, 0.4) is 0 Å². The van der Waals surface area contributed by atoms with Gasteiger partial charge in [-0.3, -0.25) is 0 Å². The van der Waals surface area contributed by atoms with Crippen LogP contribution in [0.2, 0.25) is 0 Å². The molecule has 0 spiro atoms. The van der Waals surface area contributed by atoms with Gasteiger partial charge in [0, 0.05) is 5.56 Å². The molecule has 5 nitrogen and oxygen atoms in total. The van der Waals surface area contributed by atoms with E-state index in [1.165, 1.54) is 6.07 Å². The number of halogens is 3. The van der Waals surface area contributed by atoms with E-state index in [-0.39, 0.29) is 17.9 Å². The lowest BCUT2D eigenvalue weighted by Gasteiger charge is -2.23. The molecule has 0 aromatic heterocycles. The molecule has 1 unspecified atom stereocenters. The van der Waals surface area contributed by atoms with Gasteiger partial charge in [0.25, 0.3) is 6.29 Å². The molecule has 0 bridgehead atoms. The topological polar surface area (TPSA) is 65.0 Å². The second-order valence-electron chi connectivity index (χ2n) is 3.42. The third-order valence-corrected chi connectivity index (χ3v) is 2.09. The molecule has 2 rings (SSSR count). The Morgan fingerprint density at radius 2 is 2.17 bits per heavy atom. The van der Waals surface area contributed by atoms with Crippen LogP contribution in [-0.2, 0) is 16.1 Å². The Kier molecular flexibility index (Phi) is 3.04.